The lowest BCUT2D eigenvalue weighted by Crippen LogP contribution is -2.46. The average Bonchev–Trinajstić information content (AvgIpc) is 3.11. The van der Waals surface area contributed by atoms with Crippen LogP contribution in [0.1, 0.15) is 30.5 Å². The molecule has 4 atom stereocenters. The fraction of sp³-hybridized carbons (Fsp3) is 0.393. The van der Waals surface area contributed by atoms with Gasteiger partial charge in [0, 0.05) is 20.4 Å². The number of allylic oxidation sites excluding steroid dienone is 1. The lowest BCUT2D eigenvalue weighted by atomic mass is 9.58. The molecule has 8 nitrogen and oxygen atoms in total. The number of nitrogens with zero attached hydrogens (tertiary/aromatic N) is 2. The first kappa shape index (κ1) is 26.6. The number of phenols is 1. The molecule has 10 heteroatoms. The second-order valence-corrected chi connectivity index (χ2v) is 10.5. The predicted molar refractivity (Wildman–Crippen MR) is 144 cm³/mol. The van der Waals surface area contributed by atoms with E-state index in [2.05, 4.69) is 4.98 Å². The number of rotatable bonds is 7. The van der Waals surface area contributed by atoms with E-state index in [-0.39, 0.29) is 29.8 Å². The summed E-state index contributed by atoms with van der Waals surface area (Å²) >= 11 is 6.40. The van der Waals surface area contributed by atoms with E-state index in [1.165, 1.54) is 18.0 Å². The molecule has 38 heavy (non-hydrogen) atoms. The predicted octanol–water partition coefficient (Wildman–Crippen LogP) is 3.83. The fourth-order valence-corrected chi connectivity index (χ4v) is 6.39. The van der Waals surface area contributed by atoms with Gasteiger partial charge in [0.1, 0.15) is 5.75 Å². The van der Waals surface area contributed by atoms with Gasteiger partial charge in [0.15, 0.2) is 0 Å². The Morgan fingerprint density at radius 2 is 2.08 bits per heavy atom. The van der Waals surface area contributed by atoms with Crippen molar-refractivity contribution in [2.45, 2.75) is 31.7 Å². The zero-order valence-electron chi connectivity index (χ0n) is 21.3. The molecule has 5 rings (SSSR count). The molecule has 1 aliphatic carbocycles. The number of carbonyl (C=O) groups is 2. The minimum absolute atomic E-state index is 0.0842. The third-order valence-corrected chi connectivity index (χ3v) is 8.16. The van der Waals surface area contributed by atoms with Gasteiger partial charge in [-0.2, -0.15) is 0 Å². The van der Waals surface area contributed by atoms with Crippen LogP contribution in [0.4, 0.5) is 0 Å². The molecule has 3 aliphatic rings. The number of likely N-dealkylation sites (tertiary alicyclic amines) is 1. The van der Waals surface area contributed by atoms with E-state index in [1.807, 2.05) is 24.3 Å². The number of methoxy groups -OCH3 is 1. The molecule has 2 aliphatic heterocycles. The minimum Gasteiger partial charge on any atom is -0.508 e. The number of imide groups is 1. The smallest absolute Gasteiger partial charge is 0.455 e. The van der Waals surface area contributed by atoms with Gasteiger partial charge < -0.3 is 19.5 Å². The number of fused-ring (bicyclic) bond motifs is 3. The fourth-order valence-electron chi connectivity index (χ4n) is 6.16. The third kappa shape index (κ3) is 5.03. The molecule has 0 unspecified atom stereocenters. The molecule has 1 aromatic heterocycles. The number of amides is 2. The number of aromatic nitrogens is 1. The van der Waals surface area contributed by atoms with Crippen molar-refractivity contribution in [3.05, 3.63) is 70.0 Å². The summed E-state index contributed by atoms with van der Waals surface area (Å²) in [5.74, 6) is -1.49. The highest BCUT2D eigenvalue weighted by molar-refractivity contribution is 6.43. The van der Waals surface area contributed by atoms with Crippen molar-refractivity contribution in [2.24, 2.45) is 17.8 Å². The van der Waals surface area contributed by atoms with Crippen LogP contribution in [0, 0.1) is 17.8 Å². The van der Waals surface area contributed by atoms with Gasteiger partial charge in [-0.3, -0.25) is 19.5 Å². The highest BCUT2D eigenvalue weighted by Gasteiger charge is 2.56. The van der Waals surface area contributed by atoms with Crippen molar-refractivity contribution in [2.75, 3.05) is 20.8 Å². The molecule has 0 saturated carbocycles. The summed E-state index contributed by atoms with van der Waals surface area (Å²) in [5, 5.41) is 20.9. The highest BCUT2D eigenvalue weighted by Crippen LogP contribution is 2.50. The summed E-state index contributed by atoms with van der Waals surface area (Å²) in [4.78, 5) is 31.7. The van der Waals surface area contributed by atoms with Crippen molar-refractivity contribution < 1.29 is 29.1 Å². The number of pyridine rings is 1. The topological polar surface area (TPSA) is 109 Å². The third-order valence-electron chi connectivity index (χ3n) is 7.83. The van der Waals surface area contributed by atoms with Crippen LogP contribution in [0.3, 0.4) is 0 Å². The van der Waals surface area contributed by atoms with Crippen molar-refractivity contribution in [3.63, 3.8) is 0 Å². The Bertz CT molecular complexity index is 1300. The zero-order chi connectivity index (χ0) is 27.0. The summed E-state index contributed by atoms with van der Waals surface area (Å²) in [6.07, 6.45) is 4.98. The number of aromatic hydroxyl groups is 1. The first-order valence-corrected chi connectivity index (χ1v) is 13.1. The van der Waals surface area contributed by atoms with Crippen LogP contribution < -0.4 is 0 Å². The Kier molecular flexibility index (Phi) is 7.72. The normalized spacial score (nSPS) is 25.6. The first-order chi connectivity index (χ1) is 18.3. The van der Waals surface area contributed by atoms with Gasteiger partial charge in [0.25, 0.3) is 0 Å². The average molecular weight is 537 g/mol. The second-order valence-electron chi connectivity index (χ2n) is 10.1. The number of hydrogen-bond acceptors (Lipinski definition) is 7. The van der Waals surface area contributed by atoms with E-state index < -0.39 is 25.1 Å². The Morgan fingerprint density at radius 3 is 2.79 bits per heavy atom. The Morgan fingerprint density at radius 1 is 1.26 bits per heavy atom. The van der Waals surface area contributed by atoms with E-state index in [1.54, 1.807) is 25.4 Å². The molecule has 0 radical (unpaired) electrons. The number of phenolic OH excluding ortho intramolecular Hbond substituents is 1. The van der Waals surface area contributed by atoms with Crippen molar-refractivity contribution in [1.82, 2.24) is 9.88 Å². The molecular formula is C28H30BClN2O6. The lowest BCUT2D eigenvalue weighted by molar-refractivity contribution is -0.138. The van der Waals surface area contributed by atoms with Gasteiger partial charge in [-0.1, -0.05) is 17.7 Å². The Balaban J connectivity index is 1.49. The van der Waals surface area contributed by atoms with Crippen molar-refractivity contribution in [3.8, 4) is 5.75 Å². The largest absolute Gasteiger partial charge is 0.508 e. The van der Waals surface area contributed by atoms with Gasteiger partial charge >= 0.3 is 7.12 Å². The van der Waals surface area contributed by atoms with E-state index in [0.29, 0.717) is 30.9 Å². The lowest BCUT2D eigenvalue weighted by Gasteiger charge is -2.43. The monoisotopic (exact) mass is 536 g/mol. The number of halogens is 1. The van der Waals surface area contributed by atoms with E-state index in [9.17, 15) is 19.7 Å². The quantitative estimate of drug-likeness (QED) is 0.314. The maximum Gasteiger partial charge on any atom is 0.455 e. The SMILES string of the molecule is COCC1=C2[C@@H](CC/C(=C/c3ccc(O)cc3Cl)c3ccccn3)OB(O)C[C@@H]2[C@@H]2C(=O)N(C)C(=O)[C@@H]2C1. The van der Waals surface area contributed by atoms with Crippen molar-refractivity contribution >= 4 is 42.2 Å². The van der Waals surface area contributed by atoms with Gasteiger partial charge in [-0.25, -0.2) is 0 Å². The summed E-state index contributed by atoms with van der Waals surface area (Å²) < 4.78 is 11.6. The minimum atomic E-state index is -1.04. The maximum atomic E-state index is 13.1. The molecule has 2 fully saturated rings. The molecule has 0 spiro atoms. The van der Waals surface area contributed by atoms with E-state index in [0.717, 1.165) is 28.0 Å². The molecular weight excluding hydrogens is 507 g/mol. The number of benzene rings is 1. The number of hydrogen-bond donors (Lipinski definition) is 2. The van der Waals surface area contributed by atoms with Crippen LogP contribution >= 0.6 is 11.6 Å². The maximum absolute atomic E-state index is 13.1. The number of carbonyl (C=O) groups excluding carboxylic acids is 2. The summed E-state index contributed by atoms with van der Waals surface area (Å²) in [6.45, 7) is 0.336. The highest BCUT2D eigenvalue weighted by atomic mass is 35.5. The van der Waals surface area contributed by atoms with Crippen LogP contribution in [0.5, 0.6) is 5.75 Å². The van der Waals surface area contributed by atoms with Crippen LogP contribution in [-0.2, 0) is 19.0 Å². The second kappa shape index (κ2) is 11.0. The summed E-state index contributed by atoms with van der Waals surface area (Å²) in [5.41, 5.74) is 4.37. The molecule has 198 valence electrons. The van der Waals surface area contributed by atoms with E-state index in [4.69, 9.17) is 21.0 Å². The first-order valence-electron chi connectivity index (χ1n) is 12.7. The molecule has 3 heterocycles. The molecule has 2 aromatic rings. The van der Waals surface area contributed by atoms with Crippen molar-refractivity contribution in [1.29, 1.82) is 0 Å². The Labute approximate surface area is 227 Å². The molecule has 2 amide bonds. The summed E-state index contributed by atoms with van der Waals surface area (Å²) in [7, 11) is 2.10. The van der Waals surface area contributed by atoms with Gasteiger partial charge in [-0.05, 0) is 90.2 Å². The van der Waals surface area contributed by atoms with Crippen LogP contribution in [0.15, 0.2) is 53.7 Å². The molecule has 0 bridgehead atoms. The van der Waals surface area contributed by atoms with E-state index >= 15 is 0 Å². The molecule has 2 saturated heterocycles. The van der Waals surface area contributed by atoms with Crippen LogP contribution in [0.25, 0.3) is 11.6 Å². The van der Waals surface area contributed by atoms with Crippen LogP contribution in [-0.4, -0.2) is 65.8 Å². The summed E-state index contributed by atoms with van der Waals surface area (Å²) in [6, 6.07) is 10.5. The van der Waals surface area contributed by atoms with Gasteiger partial charge in [0.05, 0.1) is 35.3 Å². The standard InChI is InChI=1S/C28H30BClN2O6/c1-32-27(34)20-12-18(15-37-2)25-21(26(20)28(32)35)14-29(36)38-24(25)9-7-17(23-5-3-4-10-31-23)11-16-6-8-19(33)13-22(16)30/h3-6,8,10-11,13,20-21,24,26,33,36H,7,9,12,14-15H2,1-2H3/b17-11-/t20-,21+,24-,26-/m1/s1. The Hall–Kier alpha value is -2.98. The molecule has 1 aromatic carbocycles. The van der Waals surface area contributed by atoms with Crippen LogP contribution in [0.2, 0.25) is 11.3 Å². The molecule has 2 N–H and O–H groups in total. The van der Waals surface area contributed by atoms with Gasteiger partial charge in [0.2, 0.25) is 11.8 Å². The zero-order valence-corrected chi connectivity index (χ0v) is 22.1. The van der Waals surface area contributed by atoms with Gasteiger partial charge in [-0.15, -0.1) is 0 Å². The number of ether oxygens (including phenoxy) is 1.